The summed E-state index contributed by atoms with van der Waals surface area (Å²) in [6.07, 6.45) is 0.263. The van der Waals surface area contributed by atoms with Crippen molar-refractivity contribution in [1.29, 1.82) is 5.26 Å². The van der Waals surface area contributed by atoms with Crippen LogP contribution in [-0.4, -0.2) is 29.0 Å². The molecule has 17 heavy (non-hydrogen) atoms. The fourth-order valence-electron chi connectivity index (χ4n) is 1.34. The monoisotopic (exact) mass is 296 g/mol. The van der Waals surface area contributed by atoms with Gasteiger partial charge < -0.3 is 10.0 Å². The molecule has 0 aromatic heterocycles. The van der Waals surface area contributed by atoms with E-state index in [4.69, 9.17) is 5.26 Å². The lowest BCUT2D eigenvalue weighted by molar-refractivity contribution is 0.0743. The number of halogens is 1. The minimum Gasteiger partial charge on any atom is -0.507 e. The van der Waals surface area contributed by atoms with Gasteiger partial charge in [-0.1, -0.05) is 15.9 Å². The quantitative estimate of drug-likeness (QED) is 0.932. The summed E-state index contributed by atoms with van der Waals surface area (Å²) in [5, 5.41) is 18.3. The summed E-state index contributed by atoms with van der Waals surface area (Å²) in [5.74, 6) is -0.363. The number of nitrogens with zero attached hydrogens (tertiary/aromatic N) is 2. The molecule has 4 nitrogen and oxygen atoms in total. The predicted octanol–water partition coefficient (Wildman–Crippen LogP) is 2.53. The zero-order chi connectivity index (χ0) is 13.0. The predicted molar refractivity (Wildman–Crippen MR) is 67.6 cm³/mol. The van der Waals surface area contributed by atoms with E-state index in [1.165, 1.54) is 11.0 Å². The van der Waals surface area contributed by atoms with Gasteiger partial charge in [0, 0.05) is 17.6 Å². The standard InChI is InChI=1S/C12H13BrN2O2/c1-8(5-6-14)15(2)12(17)10-4-3-9(13)7-11(10)16/h3-4,7-8,16H,5H2,1-2H3. The summed E-state index contributed by atoms with van der Waals surface area (Å²) in [7, 11) is 1.62. The average Bonchev–Trinajstić information content (AvgIpc) is 2.27. The van der Waals surface area contributed by atoms with Crippen LogP contribution >= 0.6 is 15.9 Å². The molecule has 1 aromatic carbocycles. The third kappa shape index (κ3) is 3.21. The molecule has 0 aliphatic carbocycles. The Labute approximate surface area is 109 Å². The number of rotatable bonds is 3. The highest BCUT2D eigenvalue weighted by atomic mass is 79.9. The van der Waals surface area contributed by atoms with Crippen molar-refractivity contribution in [3.63, 3.8) is 0 Å². The van der Waals surface area contributed by atoms with Crippen LogP contribution < -0.4 is 0 Å². The van der Waals surface area contributed by atoms with Crippen LogP contribution in [0, 0.1) is 11.3 Å². The Bertz CT molecular complexity index is 468. The van der Waals surface area contributed by atoms with Crippen LogP contribution in [0.25, 0.3) is 0 Å². The molecule has 0 bridgehead atoms. The molecule has 0 saturated heterocycles. The summed E-state index contributed by atoms with van der Waals surface area (Å²) in [6, 6.07) is 6.54. The Balaban J connectivity index is 2.93. The Hall–Kier alpha value is -1.54. The molecule has 0 aliphatic rings. The molecule has 0 fully saturated rings. The van der Waals surface area contributed by atoms with Gasteiger partial charge in [0.15, 0.2) is 0 Å². The van der Waals surface area contributed by atoms with E-state index in [9.17, 15) is 9.90 Å². The molecule has 1 atom stereocenters. The van der Waals surface area contributed by atoms with Crippen LogP contribution in [0.4, 0.5) is 0 Å². The van der Waals surface area contributed by atoms with Crippen molar-refractivity contribution in [2.75, 3.05) is 7.05 Å². The van der Waals surface area contributed by atoms with Crippen molar-refractivity contribution in [2.45, 2.75) is 19.4 Å². The van der Waals surface area contributed by atoms with Crippen LogP contribution in [-0.2, 0) is 0 Å². The fraction of sp³-hybridized carbons (Fsp3) is 0.333. The van der Waals surface area contributed by atoms with Gasteiger partial charge >= 0.3 is 0 Å². The summed E-state index contributed by atoms with van der Waals surface area (Å²) in [5.41, 5.74) is 0.237. The van der Waals surface area contributed by atoms with E-state index >= 15 is 0 Å². The molecule has 1 aromatic rings. The summed E-state index contributed by atoms with van der Waals surface area (Å²) >= 11 is 3.21. The van der Waals surface area contributed by atoms with Crippen LogP contribution in [0.2, 0.25) is 0 Å². The second-order valence-electron chi connectivity index (χ2n) is 3.79. The van der Waals surface area contributed by atoms with Gasteiger partial charge in [-0.2, -0.15) is 5.26 Å². The average molecular weight is 297 g/mol. The molecule has 1 unspecified atom stereocenters. The Morgan fingerprint density at radius 2 is 2.29 bits per heavy atom. The molecule has 0 saturated carbocycles. The van der Waals surface area contributed by atoms with Crippen molar-refractivity contribution < 1.29 is 9.90 Å². The number of amides is 1. The number of benzene rings is 1. The van der Waals surface area contributed by atoms with Gasteiger partial charge in [0.25, 0.3) is 5.91 Å². The van der Waals surface area contributed by atoms with E-state index in [0.29, 0.717) is 4.47 Å². The molecule has 0 heterocycles. The van der Waals surface area contributed by atoms with E-state index in [-0.39, 0.29) is 29.7 Å². The lowest BCUT2D eigenvalue weighted by atomic mass is 10.1. The minimum atomic E-state index is -0.294. The first-order valence-corrected chi connectivity index (χ1v) is 5.89. The third-order valence-electron chi connectivity index (χ3n) is 2.56. The first-order chi connectivity index (χ1) is 7.97. The lowest BCUT2D eigenvalue weighted by Crippen LogP contribution is -2.34. The highest BCUT2D eigenvalue weighted by molar-refractivity contribution is 9.10. The Kier molecular flexibility index (Phi) is 4.53. The van der Waals surface area contributed by atoms with Gasteiger partial charge in [0.05, 0.1) is 18.1 Å². The zero-order valence-corrected chi connectivity index (χ0v) is 11.2. The normalized spacial score (nSPS) is 11.6. The Morgan fingerprint density at radius 1 is 1.65 bits per heavy atom. The third-order valence-corrected chi connectivity index (χ3v) is 3.05. The highest BCUT2D eigenvalue weighted by Gasteiger charge is 2.19. The maximum Gasteiger partial charge on any atom is 0.257 e. The van der Waals surface area contributed by atoms with E-state index in [1.807, 2.05) is 6.07 Å². The Morgan fingerprint density at radius 3 is 2.82 bits per heavy atom. The fourth-order valence-corrected chi connectivity index (χ4v) is 1.69. The number of aromatic hydroxyl groups is 1. The molecular formula is C12H13BrN2O2. The van der Waals surface area contributed by atoms with E-state index in [0.717, 1.165) is 0 Å². The van der Waals surface area contributed by atoms with Crippen LogP contribution in [0.5, 0.6) is 5.75 Å². The van der Waals surface area contributed by atoms with Crippen LogP contribution in [0.1, 0.15) is 23.7 Å². The zero-order valence-electron chi connectivity index (χ0n) is 9.64. The first-order valence-electron chi connectivity index (χ1n) is 5.10. The van der Waals surface area contributed by atoms with Gasteiger partial charge in [-0.15, -0.1) is 0 Å². The number of hydrogen-bond acceptors (Lipinski definition) is 3. The summed E-state index contributed by atoms with van der Waals surface area (Å²) in [6.45, 7) is 1.79. The number of carbonyl (C=O) groups excluding carboxylic acids is 1. The van der Waals surface area contributed by atoms with Crippen molar-refractivity contribution in [1.82, 2.24) is 4.90 Å². The summed E-state index contributed by atoms with van der Waals surface area (Å²) in [4.78, 5) is 13.5. The molecule has 5 heteroatoms. The lowest BCUT2D eigenvalue weighted by Gasteiger charge is -2.23. The molecule has 1 amide bonds. The number of nitriles is 1. The largest absolute Gasteiger partial charge is 0.507 e. The van der Waals surface area contributed by atoms with Crippen molar-refractivity contribution in [3.05, 3.63) is 28.2 Å². The van der Waals surface area contributed by atoms with Crippen molar-refractivity contribution >= 4 is 21.8 Å². The second-order valence-corrected chi connectivity index (χ2v) is 4.70. The van der Waals surface area contributed by atoms with Gasteiger partial charge in [-0.05, 0) is 25.1 Å². The van der Waals surface area contributed by atoms with Crippen molar-refractivity contribution in [3.8, 4) is 11.8 Å². The maximum atomic E-state index is 12.0. The first kappa shape index (κ1) is 13.5. The number of phenolic OH excluding ortho intramolecular Hbond substituents is 1. The van der Waals surface area contributed by atoms with Gasteiger partial charge in [0.1, 0.15) is 5.75 Å². The highest BCUT2D eigenvalue weighted by Crippen LogP contribution is 2.23. The molecule has 0 aliphatic heterocycles. The van der Waals surface area contributed by atoms with E-state index < -0.39 is 0 Å². The molecule has 90 valence electrons. The maximum absolute atomic E-state index is 12.0. The molecule has 1 N–H and O–H groups in total. The molecular weight excluding hydrogens is 284 g/mol. The molecule has 1 rings (SSSR count). The molecule has 0 radical (unpaired) electrons. The minimum absolute atomic E-state index is 0.0691. The molecule has 0 spiro atoms. The summed E-state index contributed by atoms with van der Waals surface area (Å²) < 4.78 is 0.708. The van der Waals surface area contributed by atoms with Gasteiger partial charge in [-0.25, -0.2) is 0 Å². The van der Waals surface area contributed by atoms with Gasteiger partial charge in [0.2, 0.25) is 0 Å². The van der Waals surface area contributed by atoms with Gasteiger partial charge in [-0.3, -0.25) is 4.79 Å². The number of phenols is 1. The topological polar surface area (TPSA) is 64.3 Å². The SMILES string of the molecule is CC(CC#N)N(C)C(=O)c1ccc(Br)cc1O. The van der Waals surface area contributed by atoms with E-state index in [1.54, 1.807) is 26.1 Å². The number of carbonyl (C=O) groups is 1. The smallest absolute Gasteiger partial charge is 0.257 e. The van der Waals surface area contributed by atoms with Crippen LogP contribution in [0.15, 0.2) is 22.7 Å². The van der Waals surface area contributed by atoms with Crippen LogP contribution in [0.3, 0.4) is 0 Å². The van der Waals surface area contributed by atoms with Crippen molar-refractivity contribution in [2.24, 2.45) is 0 Å². The van der Waals surface area contributed by atoms with E-state index in [2.05, 4.69) is 15.9 Å². The second kappa shape index (κ2) is 5.69. The number of hydrogen-bond donors (Lipinski definition) is 1.